The summed E-state index contributed by atoms with van der Waals surface area (Å²) in [6, 6.07) is 11.0. The number of aromatic amines is 2. The quantitative estimate of drug-likeness (QED) is 0.537. The molecule has 7 heteroatoms. The molecule has 5 rings (SSSR count). The van der Waals surface area contributed by atoms with E-state index in [0.29, 0.717) is 6.73 Å². The van der Waals surface area contributed by atoms with Crippen LogP contribution < -0.4 is 0 Å². The van der Waals surface area contributed by atoms with E-state index in [1.54, 1.807) is 6.07 Å². The monoisotopic (exact) mass is 391 g/mol. The topological polar surface area (TPSA) is 69.8 Å². The summed E-state index contributed by atoms with van der Waals surface area (Å²) in [7, 11) is 0. The molecule has 4 aromatic rings. The van der Waals surface area contributed by atoms with Crippen molar-refractivity contribution in [3.05, 3.63) is 59.7 Å². The lowest BCUT2D eigenvalue weighted by molar-refractivity contribution is 0.136. The molecule has 29 heavy (non-hydrogen) atoms. The maximum Gasteiger partial charge on any atom is 0.158 e. The summed E-state index contributed by atoms with van der Waals surface area (Å²) in [5.74, 6) is 0.508. The number of H-pyrrole nitrogens is 2. The van der Waals surface area contributed by atoms with E-state index in [9.17, 15) is 4.39 Å². The van der Waals surface area contributed by atoms with Gasteiger partial charge in [-0.25, -0.2) is 9.37 Å². The Balaban J connectivity index is 1.47. The van der Waals surface area contributed by atoms with Crippen molar-refractivity contribution in [3.8, 4) is 22.6 Å². The van der Waals surface area contributed by atoms with Crippen LogP contribution in [0.5, 0.6) is 0 Å². The van der Waals surface area contributed by atoms with Crippen molar-refractivity contribution >= 4 is 10.9 Å². The van der Waals surface area contributed by atoms with Crippen LogP contribution in [0.15, 0.2) is 42.6 Å². The van der Waals surface area contributed by atoms with Crippen LogP contribution >= 0.6 is 0 Å². The van der Waals surface area contributed by atoms with E-state index in [4.69, 9.17) is 9.72 Å². The lowest BCUT2D eigenvalue weighted by Gasteiger charge is -2.09. The Bertz CT molecular complexity index is 1160. The first-order valence-electron chi connectivity index (χ1n) is 9.83. The Morgan fingerprint density at radius 1 is 1.21 bits per heavy atom. The van der Waals surface area contributed by atoms with Gasteiger partial charge in [-0.05, 0) is 47.4 Å². The summed E-state index contributed by atoms with van der Waals surface area (Å²) in [6.45, 7) is 5.18. The number of nitrogens with one attached hydrogen (secondary N) is 2. The number of hydrogen-bond donors (Lipinski definition) is 2. The zero-order valence-corrected chi connectivity index (χ0v) is 16.2. The normalized spacial score (nSPS) is 14.8. The van der Waals surface area contributed by atoms with E-state index in [-0.39, 0.29) is 5.82 Å². The number of hydrogen-bond acceptors (Lipinski definition) is 4. The van der Waals surface area contributed by atoms with Gasteiger partial charge >= 0.3 is 0 Å². The van der Waals surface area contributed by atoms with Gasteiger partial charge < -0.3 is 9.72 Å². The fraction of sp³-hybridized carbons (Fsp3) is 0.273. The van der Waals surface area contributed by atoms with Gasteiger partial charge in [-0.3, -0.25) is 10.00 Å². The molecule has 0 atom stereocenters. The van der Waals surface area contributed by atoms with Gasteiger partial charge in [0.15, 0.2) is 5.82 Å². The van der Waals surface area contributed by atoms with E-state index in [2.05, 4.69) is 27.0 Å². The van der Waals surface area contributed by atoms with Crippen LogP contribution in [-0.2, 0) is 17.7 Å². The number of imidazole rings is 1. The highest BCUT2D eigenvalue weighted by Crippen LogP contribution is 2.31. The number of ether oxygens (including phenoxy) is 1. The van der Waals surface area contributed by atoms with E-state index < -0.39 is 0 Å². The summed E-state index contributed by atoms with van der Waals surface area (Å²) in [5, 5.41) is 8.55. The Hall–Kier alpha value is -3.03. The third-order valence-corrected chi connectivity index (χ3v) is 5.39. The average molecular weight is 391 g/mol. The highest BCUT2D eigenvalue weighted by Gasteiger charge is 2.17. The number of aryl methyl sites for hydroxylation is 1. The molecule has 3 heterocycles. The highest BCUT2D eigenvalue weighted by atomic mass is 19.1. The van der Waals surface area contributed by atoms with Gasteiger partial charge in [0.05, 0.1) is 24.5 Å². The summed E-state index contributed by atoms with van der Waals surface area (Å²) in [4.78, 5) is 10.1. The maximum atomic E-state index is 13.8. The van der Waals surface area contributed by atoms with Crippen molar-refractivity contribution in [2.75, 3.05) is 19.9 Å². The molecule has 0 aliphatic carbocycles. The minimum absolute atomic E-state index is 0.228. The first-order valence-corrected chi connectivity index (χ1v) is 9.83. The van der Waals surface area contributed by atoms with Crippen molar-refractivity contribution in [2.45, 2.75) is 19.9 Å². The van der Waals surface area contributed by atoms with Crippen LogP contribution in [0.1, 0.15) is 18.2 Å². The standard InChI is InChI=1S/C22H22FN5O/c1-2-14-3-5-16(23)10-19(14)15-4-6-18-20(9-15)26-27-21(18)22-24-11-17(25-22)12-28-7-8-29-13-28/h3-6,9-11H,2,7-8,12-13H2,1H3,(H,24,25)(H,26,27). The van der Waals surface area contributed by atoms with Crippen LogP contribution in [0, 0.1) is 5.82 Å². The molecule has 0 spiro atoms. The summed E-state index contributed by atoms with van der Waals surface area (Å²) in [6.07, 6.45) is 2.77. The second-order valence-corrected chi connectivity index (χ2v) is 7.32. The van der Waals surface area contributed by atoms with Crippen molar-refractivity contribution < 1.29 is 9.13 Å². The molecule has 0 bridgehead atoms. The van der Waals surface area contributed by atoms with Gasteiger partial charge in [-0.1, -0.05) is 19.1 Å². The second kappa shape index (κ2) is 7.42. The molecule has 2 aromatic carbocycles. The summed E-state index contributed by atoms with van der Waals surface area (Å²) >= 11 is 0. The smallest absolute Gasteiger partial charge is 0.158 e. The minimum Gasteiger partial charge on any atom is -0.365 e. The SMILES string of the molecule is CCc1ccc(F)cc1-c1ccc2c(-c3nc(CN4CCOC4)c[nH]3)n[nH]c2c1. The Morgan fingerprint density at radius 2 is 2.14 bits per heavy atom. The van der Waals surface area contributed by atoms with Crippen LogP contribution in [0.4, 0.5) is 4.39 Å². The van der Waals surface area contributed by atoms with Gasteiger partial charge in [-0.2, -0.15) is 5.10 Å². The van der Waals surface area contributed by atoms with Crippen molar-refractivity contribution in [3.63, 3.8) is 0 Å². The molecule has 1 fully saturated rings. The first-order chi connectivity index (χ1) is 14.2. The van der Waals surface area contributed by atoms with Gasteiger partial charge in [0.25, 0.3) is 0 Å². The summed E-state index contributed by atoms with van der Waals surface area (Å²) in [5.41, 5.74) is 5.65. The molecular weight excluding hydrogens is 369 g/mol. The molecule has 0 unspecified atom stereocenters. The number of aromatic nitrogens is 4. The zero-order chi connectivity index (χ0) is 19.8. The fourth-order valence-corrected chi connectivity index (χ4v) is 3.86. The summed E-state index contributed by atoms with van der Waals surface area (Å²) < 4.78 is 19.2. The van der Waals surface area contributed by atoms with Gasteiger partial charge in [0.1, 0.15) is 11.5 Å². The molecule has 2 N–H and O–H groups in total. The number of benzene rings is 2. The molecule has 1 aliphatic rings. The van der Waals surface area contributed by atoms with Crippen molar-refractivity contribution in [1.82, 2.24) is 25.1 Å². The number of halogens is 1. The van der Waals surface area contributed by atoms with Gasteiger partial charge in [0, 0.05) is 24.7 Å². The second-order valence-electron chi connectivity index (χ2n) is 7.32. The number of rotatable bonds is 5. The molecule has 0 saturated carbocycles. The predicted molar refractivity (Wildman–Crippen MR) is 110 cm³/mol. The number of fused-ring (bicyclic) bond motifs is 1. The minimum atomic E-state index is -0.228. The van der Waals surface area contributed by atoms with E-state index in [1.807, 2.05) is 30.5 Å². The highest BCUT2D eigenvalue weighted by molar-refractivity contribution is 5.94. The average Bonchev–Trinajstić information content (AvgIpc) is 3.48. The van der Waals surface area contributed by atoms with Crippen molar-refractivity contribution in [1.29, 1.82) is 0 Å². The van der Waals surface area contributed by atoms with E-state index >= 15 is 0 Å². The van der Waals surface area contributed by atoms with Gasteiger partial charge in [0.2, 0.25) is 0 Å². The molecule has 0 amide bonds. The third kappa shape index (κ3) is 3.43. The molecule has 1 saturated heterocycles. The van der Waals surface area contributed by atoms with Crippen LogP contribution in [-0.4, -0.2) is 44.9 Å². The Labute approximate surface area is 167 Å². The number of nitrogens with zero attached hydrogens (tertiary/aromatic N) is 3. The largest absolute Gasteiger partial charge is 0.365 e. The van der Waals surface area contributed by atoms with Crippen LogP contribution in [0.2, 0.25) is 0 Å². The molecular formula is C22H22FN5O. The predicted octanol–water partition coefficient (Wildman–Crippen LogP) is 4.11. The van der Waals surface area contributed by atoms with E-state index in [0.717, 1.165) is 70.9 Å². The molecule has 0 radical (unpaired) electrons. The fourth-order valence-electron chi connectivity index (χ4n) is 3.86. The lowest BCUT2D eigenvalue weighted by Crippen LogP contribution is -2.19. The van der Waals surface area contributed by atoms with Crippen LogP contribution in [0.3, 0.4) is 0 Å². The van der Waals surface area contributed by atoms with Crippen molar-refractivity contribution in [2.24, 2.45) is 0 Å². The molecule has 1 aliphatic heterocycles. The first kappa shape index (κ1) is 18.0. The molecule has 2 aromatic heterocycles. The Kier molecular flexibility index (Phi) is 4.61. The lowest BCUT2D eigenvalue weighted by atomic mass is 9.97. The Morgan fingerprint density at radius 3 is 2.97 bits per heavy atom. The van der Waals surface area contributed by atoms with Gasteiger partial charge in [-0.15, -0.1) is 0 Å². The maximum absolute atomic E-state index is 13.8. The van der Waals surface area contributed by atoms with E-state index in [1.165, 1.54) is 6.07 Å². The zero-order valence-electron chi connectivity index (χ0n) is 16.2. The molecule has 148 valence electrons. The molecule has 6 nitrogen and oxygen atoms in total. The third-order valence-electron chi connectivity index (χ3n) is 5.39. The van der Waals surface area contributed by atoms with Crippen LogP contribution in [0.25, 0.3) is 33.5 Å².